The van der Waals surface area contributed by atoms with Crippen molar-refractivity contribution >= 4 is 0 Å². The van der Waals surface area contributed by atoms with Gasteiger partial charge in [0, 0.05) is 7.11 Å². The molecule has 1 unspecified atom stereocenters. The molecule has 3 heteroatoms. The van der Waals surface area contributed by atoms with Crippen molar-refractivity contribution in [1.29, 1.82) is 0 Å². The average Bonchev–Trinajstić information content (AvgIpc) is 2.95. The summed E-state index contributed by atoms with van der Waals surface area (Å²) in [5.74, 6) is 1.21. The molecule has 0 heterocycles. The van der Waals surface area contributed by atoms with Gasteiger partial charge in [-0.2, -0.15) is 0 Å². The van der Waals surface area contributed by atoms with E-state index in [0.717, 1.165) is 12.5 Å². The Bertz CT molecular complexity index is 169. The van der Waals surface area contributed by atoms with Crippen molar-refractivity contribution in [2.24, 2.45) is 11.8 Å². The molecule has 2 N–H and O–H groups in total. The summed E-state index contributed by atoms with van der Waals surface area (Å²) in [5, 5.41) is 12.9. The van der Waals surface area contributed by atoms with Crippen LogP contribution in [0.15, 0.2) is 0 Å². The third-order valence-electron chi connectivity index (χ3n) is 3.23. The minimum atomic E-state index is -0.253. The van der Waals surface area contributed by atoms with Crippen LogP contribution in [0, 0.1) is 11.8 Å². The van der Waals surface area contributed by atoms with Crippen molar-refractivity contribution in [2.45, 2.75) is 32.2 Å². The molecule has 1 aliphatic rings. The van der Waals surface area contributed by atoms with E-state index in [1.165, 1.54) is 12.8 Å². The molecule has 0 aromatic rings. The second-order valence-electron chi connectivity index (χ2n) is 4.73. The maximum atomic E-state index is 9.47. The molecule has 0 amide bonds. The van der Waals surface area contributed by atoms with Gasteiger partial charge in [-0.25, -0.2) is 0 Å². The molecule has 0 saturated heterocycles. The molecule has 1 rings (SSSR count). The second kappa shape index (κ2) is 5.10. The fourth-order valence-electron chi connectivity index (χ4n) is 1.63. The zero-order valence-electron chi connectivity index (χ0n) is 9.55. The Balaban J connectivity index is 2.46. The molecule has 1 fully saturated rings. The molecule has 0 aromatic heterocycles. The highest BCUT2D eigenvalue weighted by molar-refractivity contribution is 4.92. The van der Waals surface area contributed by atoms with Crippen LogP contribution >= 0.6 is 0 Å². The van der Waals surface area contributed by atoms with E-state index in [9.17, 15) is 5.11 Å². The second-order valence-corrected chi connectivity index (χ2v) is 4.73. The minimum absolute atomic E-state index is 0.144. The van der Waals surface area contributed by atoms with E-state index in [-0.39, 0.29) is 12.1 Å². The lowest BCUT2D eigenvalue weighted by Gasteiger charge is -2.36. The number of aliphatic hydroxyl groups excluding tert-OH is 1. The normalized spacial score (nSPS) is 21.2. The van der Waals surface area contributed by atoms with Crippen LogP contribution in [0.4, 0.5) is 0 Å². The van der Waals surface area contributed by atoms with Crippen LogP contribution < -0.4 is 5.32 Å². The van der Waals surface area contributed by atoms with Gasteiger partial charge >= 0.3 is 0 Å². The number of aliphatic hydroxyl groups is 1. The first-order valence-corrected chi connectivity index (χ1v) is 5.49. The maximum Gasteiger partial charge on any atom is 0.0674 e. The van der Waals surface area contributed by atoms with Gasteiger partial charge in [0.15, 0.2) is 0 Å². The predicted molar refractivity (Wildman–Crippen MR) is 57.3 cm³/mol. The Morgan fingerprint density at radius 2 is 2.14 bits per heavy atom. The topological polar surface area (TPSA) is 41.5 Å². The molecule has 1 aliphatic carbocycles. The summed E-state index contributed by atoms with van der Waals surface area (Å²) in [4.78, 5) is 0. The quantitative estimate of drug-likeness (QED) is 0.646. The Kier molecular flexibility index (Phi) is 4.35. The smallest absolute Gasteiger partial charge is 0.0674 e. The molecule has 0 bridgehead atoms. The largest absolute Gasteiger partial charge is 0.394 e. The fraction of sp³-hybridized carbons (Fsp3) is 1.00. The molecule has 84 valence electrons. The summed E-state index contributed by atoms with van der Waals surface area (Å²) < 4.78 is 5.19. The number of rotatable bonds is 7. The van der Waals surface area contributed by atoms with Crippen LogP contribution in [0.5, 0.6) is 0 Å². The first-order valence-electron chi connectivity index (χ1n) is 5.49. The summed E-state index contributed by atoms with van der Waals surface area (Å²) in [7, 11) is 1.69. The van der Waals surface area contributed by atoms with Crippen molar-refractivity contribution in [3.63, 3.8) is 0 Å². The molecular formula is C11H23NO2. The van der Waals surface area contributed by atoms with Gasteiger partial charge in [0.2, 0.25) is 0 Å². The summed E-state index contributed by atoms with van der Waals surface area (Å²) in [6.45, 7) is 5.98. The van der Waals surface area contributed by atoms with E-state index in [0.29, 0.717) is 12.5 Å². The van der Waals surface area contributed by atoms with Gasteiger partial charge in [-0.15, -0.1) is 0 Å². The van der Waals surface area contributed by atoms with Crippen LogP contribution in [0.1, 0.15) is 26.7 Å². The fourth-order valence-corrected chi connectivity index (χ4v) is 1.63. The highest BCUT2D eigenvalue weighted by Crippen LogP contribution is 2.29. The zero-order chi connectivity index (χ0) is 10.6. The monoisotopic (exact) mass is 201 g/mol. The first-order chi connectivity index (χ1) is 6.64. The van der Waals surface area contributed by atoms with Gasteiger partial charge in [0.05, 0.1) is 18.8 Å². The number of nitrogens with one attached hydrogen (secondary N) is 1. The molecular weight excluding hydrogens is 178 g/mol. The van der Waals surface area contributed by atoms with Crippen LogP contribution in [0.2, 0.25) is 0 Å². The van der Waals surface area contributed by atoms with Gasteiger partial charge in [-0.1, -0.05) is 13.8 Å². The van der Waals surface area contributed by atoms with Crippen LogP contribution in [-0.2, 0) is 4.74 Å². The predicted octanol–water partition coefficient (Wildman–Crippen LogP) is 1.02. The number of hydrogen-bond acceptors (Lipinski definition) is 3. The van der Waals surface area contributed by atoms with Gasteiger partial charge in [0.1, 0.15) is 0 Å². The zero-order valence-corrected chi connectivity index (χ0v) is 9.55. The number of ether oxygens (including phenoxy) is 1. The molecule has 1 atom stereocenters. The van der Waals surface area contributed by atoms with E-state index in [1.54, 1.807) is 7.11 Å². The standard InChI is InChI=1S/C11H23NO2/c1-9(2)11(7-13,8-14-3)12-6-10-4-5-10/h9-10,12-13H,4-8H2,1-3H3. The molecule has 3 nitrogen and oxygen atoms in total. The Labute approximate surface area is 86.8 Å². The highest BCUT2D eigenvalue weighted by Gasteiger charge is 2.34. The third kappa shape index (κ3) is 2.94. The van der Waals surface area contributed by atoms with Crippen LogP contribution in [-0.4, -0.2) is 37.5 Å². The maximum absolute atomic E-state index is 9.47. The van der Waals surface area contributed by atoms with E-state index >= 15 is 0 Å². The third-order valence-corrected chi connectivity index (χ3v) is 3.23. The van der Waals surface area contributed by atoms with Gasteiger partial charge in [-0.05, 0) is 31.2 Å². The molecule has 0 aromatic carbocycles. The van der Waals surface area contributed by atoms with Gasteiger partial charge in [-0.3, -0.25) is 0 Å². The summed E-state index contributed by atoms with van der Waals surface area (Å²) in [6.07, 6.45) is 2.67. The van der Waals surface area contributed by atoms with Crippen molar-refractivity contribution in [3.8, 4) is 0 Å². The van der Waals surface area contributed by atoms with Crippen molar-refractivity contribution in [3.05, 3.63) is 0 Å². The van der Waals surface area contributed by atoms with Crippen molar-refractivity contribution in [2.75, 3.05) is 26.9 Å². The number of hydrogen-bond donors (Lipinski definition) is 2. The van der Waals surface area contributed by atoms with Gasteiger partial charge < -0.3 is 15.2 Å². The van der Waals surface area contributed by atoms with Crippen molar-refractivity contribution < 1.29 is 9.84 Å². The highest BCUT2D eigenvalue weighted by atomic mass is 16.5. The SMILES string of the molecule is COCC(CO)(NCC1CC1)C(C)C. The lowest BCUT2D eigenvalue weighted by Crippen LogP contribution is -2.56. The lowest BCUT2D eigenvalue weighted by atomic mass is 9.87. The van der Waals surface area contributed by atoms with E-state index in [2.05, 4.69) is 19.2 Å². The summed E-state index contributed by atoms with van der Waals surface area (Å²) >= 11 is 0. The molecule has 0 radical (unpaired) electrons. The lowest BCUT2D eigenvalue weighted by molar-refractivity contribution is 0.0326. The average molecular weight is 201 g/mol. The minimum Gasteiger partial charge on any atom is -0.394 e. The first kappa shape index (κ1) is 12.0. The van der Waals surface area contributed by atoms with E-state index in [4.69, 9.17) is 4.74 Å². The Morgan fingerprint density at radius 3 is 2.50 bits per heavy atom. The molecule has 1 saturated carbocycles. The van der Waals surface area contributed by atoms with E-state index < -0.39 is 0 Å². The molecule has 14 heavy (non-hydrogen) atoms. The van der Waals surface area contributed by atoms with E-state index in [1.807, 2.05) is 0 Å². The van der Waals surface area contributed by atoms with Crippen molar-refractivity contribution in [1.82, 2.24) is 5.32 Å². The van der Waals surface area contributed by atoms with Crippen LogP contribution in [0.3, 0.4) is 0 Å². The Hall–Kier alpha value is -0.120. The molecule has 0 spiro atoms. The van der Waals surface area contributed by atoms with Crippen LogP contribution in [0.25, 0.3) is 0 Å². The molecule has 0 aliphatic heterocycles. The summed E-state index contributed by atoms with van der Waals surface area (Å²) in [6, 6.07) is 0. The summed E-state index contributed by atoms with van der Waals surface area (Å²) in [5.41, 5.74) is -0.253. The number of methoxy groups -OCH3 is 1. The van der Waals surface area contributed by atoms with Gasteiger partial charge in [0.25, 0.3) is 0 Å². The Morgan fingerprint density at radius 1 is 1.50 bits per heavy atom.